The van der Waals surface area contributed by atoms with Crippen LogP contribution in [0, 0.1) is 0 Å². The second-order valence-corrected chi connectivity index (χ2v) is 3.11. The number of aliphatic hydroxyl groups excluding tert-OH is 1. The first-order valence-electron chi connectivity index (χ1n) is 3.80. The Bertz CT molecular complexity index is 328. The number of hydrogen-bond acceptors (Lipinski definition) is 4. The van der Waals surface area contributed by atoms with Crippen LogP contribution in [0.25, 0.3) is 0 Å². The largest absolute Gasteiger partial charge is 0.479 e. The van der Waals surface area contributed by atoms with Crippen molar-refractivity contribution < 1.29 is 15.0 Å². The summed E-state index contributed by atoms with van der Waals surface area (Å²) in [4.78, 5) is 14.1. The van der Waals surface area contributed by atoms with E-state index in [0.717, 1.165) is 0 Å². The van der Waals surface area contributed by atoms with Crippen molar-refractivity contribution in [3.05, 3.63) is 29.0 Å². The van der Waals surface area contributed by atoms with Crippen LogP contribution in [0.1, 0.15) is 11.6 Å². The number of nitrogens with two attached hydrogens (primary N) is 1. The number of carboxylic acids is 1. The molecule has 14 heavy (non-hydrogen) atoms. The number of pyridine rings is 1. The van der Waals surface area contributed by atoms with E-state index in [1.165, 1.54) is 18.3 Å². The standard InChI is InChI=1S/C8H9ClN2O3/c9-5-2-1-4(3-11-5)6(10)7(12)8(13)14/h1-3,6-7,12H,10H2,(H,13,14). The molecule has 1 heterocycles. The van der Waals surface area contributed by atoms with Crippen molar-refractivity contribution in [1.82, 2.24) is 4.98 Å². The zero-order valence-corrected chi connectivity index (χ0v) is 7.85. The average molecular weight is 217 g/mol. The first kappa shape index (κ1) is 10.9. The molecule has 0 spiro atoms. The number of aliphatic carboxylic acids is 1. The lowest BCUT2D eigenvalue weighted by Gasteiger charge is -2.14. The highest BCUT2D eigenvalue weighted by Gasteiger charge is 2.23. The Morgan fingerprint density at radius 1 is 1.57 bits per heavy atom. The zero-order valence-electron chi connectivity index (χ0n) is 7.09. The van der Waals surface area contributed by atoms with Crippen molar-refractivity contribution in [2.24, 2.45) is 5.73 Å². The molecule has 6 heteroatoms. The minimum atomic E-state index is -1.64. The number of carbonyl (C=O) groups is 1. The van der Waals surface area contributed by atoms with E-state index in [9.17, 15) is 4.79 Å². The summed E-state index contributed by atoms with van der Waals surface area (Å²) in [5.41, 5.74) is 5.90. The Morgan fingerprint density at radius 3 is 2.64 bits per heavy atom. The fraction of sp³-hybridized carbons (Fsp3) is 0.250. The highest BCUT2D eigenvalue weighted by Crippen LogP contribution is 2.15. The SMILES string of the molecule is NC(c1ccc(Cl)nc1)C(O)C(=O)O. The molecule has 76 valence electrons. The van der Waals surface area contributed by atoms with Gasteiger partial charge in [0.2, 0.25) is 0 Å². The van der Waals surface area contributed by atoms with Crippen LogP contribution in [-0.2, 0) is 4.79 Å². The third kappa shape index (κ3) is 2.41. The summed E-state index contributed by atoms with van der Waals surface area (Å²) in [7, 11) is 0. The molecule has 0 radical (unpaired) electrons. The lowest BCUT2D eigenvalue weighted by Crippen LogP contribution is -2.33. The first-order valence-corrected chi connectivity index (χ1v) is 4.18. The van der Waals surface area contributed by atoms with E-state index in [1.54, 1.807) is 0 Å². The Labute approximate surface area is 85.1 Å². The van der Waals surface area contributed by atoms with E-state index in [2.05, 4.69) is 4.98 Å². The quantitative estimate of drug-likeness (QED) is 0.627. The molecular formula is C8H9ClN2O3. The minimum Gasteiger partial charge on any atom is -0.479 e. The van der Waals surface area contributed by atoms with E-state index in [0.29, 0.717) is 5.56 Å². The Morgan fingerprint density at radius 2 is 2.21 bits per heavy atom. The summed E-state index contributed by atoms with van der Waals surface area (Å²) in [6, 6.07) is 1.99. The van der Waals surface area contributed by atoms with Crippen LogP contribution in [-0.4, -0.2) is 27.3 Å². The van der Waals surface area contributed by atoms with Crippen molar-refractivity contribution >= 4 is 17.6 Å². The predicted octanol–water partition coefficient (Wildman–Crippen LogP) is 0.180. The van der Waals surface area contributed by atoms with Gasteiger partial charge in [-0.05, 0) is 11.6 Å². The van der Waals surface area contributed by atoms with E-state index < -0.39 is 18.1 Å². The van der Waals surface area contributed by atoms with E-state index in [4.69, 9.17) is 27.5 Å². The van der Waals surface area contributed by atoms with E-state index >= 15 is 0 Å². The number of rotatable bonds is 3. The van der Waals surface area contributed by atoms with Gasteiger partial charge >= 0.3 is 5.97 Å². The summed E-state index contributed by atoms with van der Waals surface area (Å²) in [6.45, 7) is 0. The van der Waals surface area contributed by atoms with Crippen LogP contribution in [0.2, 0.25) is 5.15 Å². The van der Waals surface area contributed by atoms with Crippen LogP contribution >= 0.6 is 11.6 Å². The number of nitrogens with zero attached hydrogens (tertiary/aromatic N) is 1. The highest BCUT2D eigenvalue weighted by atomic mass is 35.5. The van der Waals surface area contributed by atoms with Crippen LogP contribution in [0.4, 0.5) is 0 Å². The maximum absolute atomic E-state index is 10.4. The van der Waals surface area contributed by atoms with Gasteiger partial charge in [-0.1, -0.05) is 17.7 Å². The van der Waals surface area contributed by atoms with Gasteiger partial charge in [0.15, 0.2) is 6.10 Å². The molecule has 1 rings (SSSR count). The molecule has 1 aromatic heterocycles. The summed E-state index contributed by atoms with van der Waals surface area (Å²) in [5, 5.41) is 17.9. The minimum absolute atomic E-state index is 0.283. The number of aliphatic hydroxyl groups is 1. The molecule has 0 saturated heterocycles. The third-order valence-electron chi connectivity index (χ3n) is 1.73. The molecule has 0 aromatic carbocycles. The van der Waals surface area contributed by atoms with Crippen LogP contribution in [0.5, 0.6) is 0 Å². The lowest BCUT2D eigenvalue weighted by atomic mass is 10.1. The van der Waals surface area contributed by atoms with Gasteiger partial charge in [-0.25, -0.2) is 9.78 Å². The van der Waals surface area contributed by atoms with Crippen molar-refractivity contribution in [2.75, 3.05) is 0 Å². The second-order valence-electron chi connectivity index (χ2n) is 2.72. The Hall–Kier alpha value is -1.17. The van der Waals surface area contributed by atoms with Gasteiger partial charge in [0.05, 0.1) is 6.04 Å². The van der Waals surface area contributed by atoms with Gasteiger partial charge in [-0.2, -0.15) is 0 Å². The molecular weight excluding hydrogens is 208 g/mol. The fourth-order valence-electron chi connectivity index (χ4n) is 0.920. The first-order chi connectivity index (χ1) is 6.52. The molecule has 2 atom stereocenters. The molecule has 0 aliphatic carbocycles. The van der Waals surface area contributed by atoms with Gasteiger partial charge in [-0.15, -0.1) is 0 Å². The molecule has 1 aromatic rings. The number of carboxylic acid groups (broad SMARTS) is 1. The van der Waals surface area contributed by atoms with Crippen molar-refractivity contribution in [2.45, 2.75) is 12.1 Å². The third-order valence-corrected chi connectivity index (χ3v) is 1.95. The Kier molecular flexibility index (Phi) is 3.40. The number of hydrogen-bond donors (Lipinski definition) is 3. The second kappa shape index (κ2) is 4.36. The molecule has 2 unspecified atom stereocenters. The molecule has 4 N–H and O–H groups in total. The number of aromatic nitrogens is 1. The van der Waals surface area contributed by atoms with Gasteiger partial charge in [0, 0.05) is 6.20 Å². The molecule has 0 fully saturated rings. The van der Waals surface area contributed by atoms with Gasteiger partial charge < -0.3 is 15.9 Å². The molecule has 5 nitrogen and oxygen atoms in total. The van der Waals surface area contributed by atoms with Crippen LogP contribution in [0.3, 0.4) is 0 Å². The van der Waals surface area contributed by atoms with Crippen molar-refractivity contribution in [3.8, 4) is 0 Å². The van der Waals surface area contributed by atoms with Gasteiger partial charge in [-0.3, -0.25) is 0 Å². The summed E-state index contributed by atoms with van der Waals surface area (Å²) < 4.78 is 0. The van der Waals surface area contributed by atoms with E-state index in [1.807, 2.05) is 0 Å². The zero-order chi connectivity index (χ0) is 10.7. The molecule has 0 bridgehead atoms. The fourth-order valence-corrected chi connectivity index (χ4v) is 1.03. The molecule has 0 saturated carbocycles. The van der Waals surface area contributed by atoms with Crippen molar-refractivity contribution in [3.63, 3.8) is 0 Å². The average Bonchev–Trinajstić information content (AvgIpc) is 2.16. The number of halogens is 1. The molecule has 0 amide bonds. The van der Waals surface area contributed by atoms with E-state index in [-0.39, 0.29) is 5.15 Å². The molecule has 0 aliphatic heterocycles. The molecule has 0 aliphatic rings. The topological polar surface area (TPSA) is 96.4 Å². The van der Waals surface area contributed by atoms with Crippen molar-refractivity contribution in [1.29, 1.82) is 0 Å². The smallest absolute Gasteiger partial charge is 0.334 e. The monoisotopic (exact) mass is 216 g/mol. The maximum atomic E-state index is 10.4. The lowest BCUT2D eigenvalue weighted by molar-refractivity contribution is -0.147. The summed E-state index contributed by atoms with van der Waals surface area (Å²) >= 11 is 5.53. The highest BCUT2D eigenvalue weighted by molar-refractivity contribution is 6.29. The predicted molar refractivity (Wildman–Crippen MR) is 49.8 cm³/mol. The van der Waals surface area contributed by atoms with Gasteiger partial charge in [0.1, 0.15) is 5.15 Å². The van der Waals surface area contributed by atoms with Crippen LogP contribution < -0.4 is 5.73 Å². The Balaban J connectivity index is 2.84. The van der Waals surface area contributed by atoms with Gasteiger partial charge in [0.25, 0.3) is 0 Å². The van der Waals surface area contributed by atoms with Crippen LogP contribution in [0.15, 0.2) is 18.3 Å². The summed E-state index contributed by atoms with van der Waals surface area (Å²) in [6.07, 6.45) is -0.308. The normalized spacial score (nSPS) is 14.8. The maximum Gasteiger partial charge on any atom is 0.334 e. The summed E-state index contributed by atoms with van der Waals surface area (Å²) in [5.74, 6) is -1.37.